The number of piperidine rings is 1. The van der Waals surface area contributed by atoms with Gasteiger partial charge >= 0.3 is 0 Å². The van der Waals surface area contributed by atoms with Gasteiger partial charge < -0.3 is 4.90 Å². The van der Waals surface area contributed by atoms with Crippen LogP contribution >= 0.6 is 0 Å². The number of hydrogen-bond acceptors (Lipinski definition) is 3. The first-order valence-electron chi connectivity index (χ1n) is 10.0. The van der Waals surface area contributed by atoms with Gasteiger partial charge in [0.25, 0.3) is 0 Å². The number of nitrogens with one attached hydrogen (secondary N) is 1. The minimum Gasteiger partial charge on any atom is -0.341 e. The zero-order chi connectivity index (χ0) is 21.5. The highest BCUT2D eigenvalue weighted by atomic mass is 32.2. The molecule has 0 radical (unpaired) electrons. The van der Waals surface area contributed by atoms with Crippen molar-refractivity contribution in [3.8, 4) is 11.1 Å². The van der Waals surface area contributed by atoms with Gasteiger partial charge in [0.2, 0.25) is 15.9 Å². The molecule has 1 saturated carbocycles. The summed E-state index contributed by atoms with van der Waals surface area (Å²) in [6, 6.07) is 10.4. The number of carbonyl (C=O) groups is 1. The summed E-state index contributed by atoms with van der Waals surface area (Å²) >= 11 is 0. The Morgan fingerprint density at radius 1 is 1.10 bits per heavy atom. The van der Waals surface area contributed by atoms with E-state index in [1.807, 2.05) is 0 Å². The number of carbonyl (C=O) groups excluding carboxylic acids is 1. The minimum atomic E-state index is -3.34. The van der Waals surface area contributed by atoms with Crippen molar-refractivity contribution in [2.75, 3.05) is 19.3 Å². The van der Waals surface area contributed by atoms with Crippen LogP contribution in [-0.4, -0.2) is 44.6 Å². The average Bonchev–Trinajstić information content (AvgIpc) is 3.47. The lowest BCUT2D eigenvalue weighted by atomic mass is 9.94. The molecule has 30 heavy (non-hydrogen) atoms. The molecule has 2 fully saturated rings. The fourth-order valence-corrected chi connectivity index (χ4v) is 5.22. The molecule has 5 nitrogen and oxygen atoms in total. The number of nitrogens with zero attached hydrogens (tertiary/aromatic N) is 1. The Bertz CT molecular complexity index is 1070. The monoisotopic (exact) mass is 434 g/mol. The number of halogens is 2. The molecule has 2 aromatic carbocycles. The molecule has 2 aliphatic rings. The Morgan fingerprint density at radius 3 is 2.57 bits per heavy atom. The van der Waals surface area contributed by atoms with Crippen LogP contribution in [0.1, 0.15) is 30.7 Å². The predicted molar refractivity (Wildman–Crippen MR) is 110 cm³/mol. The Labute approximate surface area is 175 Å². The third kappa shape index (κ3) is 4.39. The van der Waals surface area contributed by atoms with Crippen LogP contribution in [0.4, 0.5) is 8.78 Å². The van der Waals surface area contributed by atoms with Gasteiger partial charge in [-0.3, -0.25) is 4.79 Å². The molecule has 160 valence electrons. The first kappa shape index (κ1) is 20.9. The molecule has 4 rings (SSSR count). The maximum Gasteiger partial charge on any atom is 0.226 e. The molecule has 3 atom stereocenters. The first-order chi connectivity index (χ1) is 14.2. The normalized spacial score (nSPS) is 24.0. The van der Waals surface area contributed by atoms with Crippen LogP contribution in [0, 0.1) is 17.6 Å². The van der Waals surface area contributed by atoms with Gasteiger partial charge in [-0.1, -0.05) is 30.3 Å². The predicted octanol–water partition coefficient (Wildman–Crippen LogP) is 3.28. The molecular weight excluding hydrogens is 410 g/mol. The quantitative estimate of drug-likeness (QED) is 0.786. The molecule has 1 aliphatic carbocycles. The lowest BCUT2D eigenvalue weighted by Gasteiger charge is -2.33. The highest BCUT2D eigenvalue weighted by Crippen LogP contribution is 2.52. The minimum absolute atomic E-state index is 0.0521. The standard InChI is InChI=1S/C22H24F2N2O3S/c1-30(28,29)25-14-6-5-11-26(13-14)22(27)18-12-17(18)15-8-4-10-20(24)21(15)16-7-2-3-9-19(16)23/h2-4,7-10,14,17-18,25H,5-6,11-13H2,1H3/t14-,17-,18+/m0/s1. The van der Waals surface area contributed by atoms with E-state index < -0.39 is 21.7 Å². The van der Waals surface area contributed by atoms with Crippen molar-refractivity contribution in [3.05, 3.63) is 59.7 Å². The summed E-state index contributed by atoms with van der Waals surface area (Å²) in [6.07, 6.45) is 3.09. The van der Waals surface area contributed by atoms with E-state index in [0.29, 0.717) is 31.5 Å². The van der Waals surface area contributed by atoms with Crippen LogP contribution in [0.25, 0.3) is 11.1 Å². The SMILES string of the molecule is CS(=O)(=O)N[C@H]1CCCN(C(=O)[C@@H]2C[C@H]2c2cccc(F)c2-c2ccccc2F)C1. The summed E-state index contributed by atoms with van der Waals surface area (Å²) in [5.41, 5.74) is 1.05. The van der Waals surface area contributed by atoms with E-state index in [0.717, 1.165) is 12.7 Å². The number of hydrogen-bond donors (Lipinski definition) is 1. The summed E-state index contributed by atoms with van der Waals surface area (Å²) in [5.74, 6) is -1.53. The van der Waals surface area contributed by atoms with E-state index in [1.165, 1.54) is 12.1 Å². The molecule has 0 bridgehead atoms. The smallest absolute Gasteiger partial charge is 0.226 e. The van der Waals surface area contributed by atoms with Crippen molar-refractivity contribution in [1.82, 2.24) is 9.62 Å². The molecule has 2 aromatic rings. The van der Waals surface area contributed by atoms with Gasteiger partial charge in [0.15, 0.2) is 0 Å². The van der Waals surface area contributed by atoms with Gasteiger partial charge in [-0.25, -0.2) is 21.9 Å². The van der Waals surface area contributed by atoms with Crippen molar-refractivity contribution >= 4 is 15.9 Å². The third-order valence-electron chi connectivity index (χ3n) is 5.81. The van der Waals surface area contributed by atoms with Gasteiger partial charge in [-0.2, -0.15) is 0 Å². The van der Waals surface area contributed by atoms with Crippen molar-refractivity contribution < 1.29 is 22.0 Å². The first-order valence-corrected chi connectivity index (χ1v) is 11.9. The van der Waals surface area contributed by atoms with Gasteiger partial charge in [0, 0.05) is 36.2 Å². The number of sulfonamides is 1. The lowest BCUT2D eigenvalue weighted by Crippen LogP contribution is -2.49. The lowest BCUT2D eigenvalue weighted by molar-refractivity contribution is -0.133. The number of likely N-dealkylation sites (tertiary alicyclic amines) is 1. The second-order valence-electron chi connectivity index (χ2n) is 8.15. The molecule has 0 aromatic heterocycles. The topological polar surface area (TPSA) is 66.5 Å². The van der Waals surface area contributed by atoms with E-state index in [-0.39, 0.29) is 34.9 Å². The van der Waals surface area contributed by atoms with E-state index in [9.17, 15) is 22.0 Å². The van der Waals surface area contributed by atoms with E-state index in [2.05, 4.69) is 4.72 Å². The molecule has 0 spiro atoms. The molecule has 8 heteroatoms. The molecule has 1 aliphatic heterocycles. The summed E-state index contributed by atoms with van der Waals surface area (Å²) in [5, 5.41) is 0. The second-order valence-corrected chi connectivity index (χ2v) is 9.93. The Morgan fingerprint density at radius 2 is 1.83 bits per heavy atom. The molecule has 1 amide bonds. The van der Waals surface area contributed by atoms with E-state index in [4.69, 9.17) is 0 Å². The van der Waals surface area contributed by atoms with E-state index in [1.54, 1.807) is 35.2 Å². The van der Waals surface area contributed by atoms with Crippen LogP contribution in [0.3, 0.4) is 0 Å². The number of amides is 1. The molecular formula is C22H24F2N2O3S. The van der Waals surface area contributed by atoms with Crippen molar-refractivity contribution in [1.29, 1.82) is 0 Å². The maximum absolute atomic E-state index is 14.7. The number of benzene rings is 2. The van der Waals surface area contributed by atoms with Gasteiger partial charge in [-0.05, 0) is 42.9 Å². The summed E-state index contributed by atoms with van der Waals surface area (Å²) in [4.78, 5) is 14.7. The average molecular weight is 435 g/mol. The zero-order valence-corrected chi connectivity index (χ0v) is 17.5. The molecule has 1 saturated heterocycles. The highest BCUT2D eigenvalue weighted by molar-refractivity contribution is 7.88. The largest absolute Gasteiger partial charge is 0.341 e. The van der Waals surface area contributed by atoms with Gasteiger partial charge in [-0.15, -0.1) is 0 Å². The van der Waals surface area contributed by atoms with Gasteiger partial charge in [0.05, 0.1) is 6.26 Å². The van der Waals surface area contributed by atoms with Crippen LogP contribution in [-0.2, 0) is 14.8 Å². The molecule has 1 N–H and O–H groups in total. The van der Waals surface area contributed by atoms with Crippen molar-refractivity contribution in [2.45, 2.75) is 31.2 Å². The highest BCUT2D eigenvalue weighted by Gasteiger charge is 2.47. The summed E-state index contributed by atoms with van der Waals surface area (Å²) < 4.78 is 54.6. The Balaban J connectivity index is 1.53. The van der Waals surface area contributed by atoms with Crippen LogP contribution < -0.4 is 4.72 Å². The van der Waals surface area contributed by atoms with Crippen LogP contribution in [0.15, 0.2) is 42.5 Å². The summed E-state index contributed by atoms with van der Waals surface area (Å²) in [7, 11) is -3.34. The van der Waals surface area contributed by atoms with Crippen LogP contribution in [0.2, 0.25) is 0 Å². The fraction of sp³-hybridized carbons (Fsp3) is 0.409. The fourth-order valence-electron chi connectivity index (χ4n) is 4.42. The Kier molecular flexibility index (Phi) is 5.63. The van der Waals surface area contributed by atoms with Crippen LogP contribution in [0.5, 0.6) is 0 Å². The number of rotatable bonds is 5. The summed E-state index contributed by atoms with van der Waals surface area (Å²) in [6.45, 7) is 0.908. The zero-order valence-electron chi connectivity index (χ0n) is 16.6. The Hall–Kier alpha value is -2.32. The van der Waals surface area contributed by atoms with Crippen molar-refractivity contribution in [2.24, 2.45) is 5.92 Å². The van der Waals surface area contributed by atoms with E-state index >= 15 is 0 Å². The maximum atomic E-state index is 14.7. The van der Waals surface area contributed by atoms with Gasteiger partial charge in [0.1, 0.15) is 11.6 Å². The molecule has 1 heterocycles. The van der Waals surface area contributed by atoms with Crippen molar-refractivity contribution in [3.63, 3.8) is 0 Å². The third-order valence-corrected chi connectivity index (χ3v) is 6.57. The molecule has 0 unspecified atom stereocenters. The second kappa shape index (κ2) is 8.07.